The van der Waals surface area contributed by atoms with Crippen molar-refractivity contribution < 1.29 is 9.59 Å². The Morgan fingerprint density at radius 2 is 1.80 bits per heavy atom. The molecule has 10 heteroatoms. The van der Waals surface area contributed by atoms with Gasteiger partial charge in [0, 0.05) is 5.75 Å². The van der Waals surface area contributed by atoms with Crippen LogP contribution in [0.2, 0.25) is 0 Å². The molecule has 1 fully saturated rings. The summed E-state index contributed by atoms with van der Waals surface area (Å²) in [5.41, 5.74) is 3.68. The largest absolute Gasteiger partial charge is 0.293 e. The van der Waals surface area contributed by atoms with E-state index < -0.39 is 21.7 Å². The van der Waals surface area contributed by atoms with Crippen molar-refractivity contribution in [2.75, 3.05) is 5.75 Å². The maximum Gasteiger partial charge on any atom is 0.272 e. The molecule has 0 aromatic heterocycles. The highest BCUT2D eigenvalue weighted by molar-refractivity contribution is 7.98. The molecule has 2 atom stereocenters. The minimum Gasteiger partial charge on any atom is -0.293 e. The van der Waals surface area contributed by atoms with Crippen molar-refractivity contribution in [2.45, 2.75) is 9.87 Å². The maximum absolute atomic E-state index is 11.4. The smallest absolute Gasteiger partial charge is 0.272 e. The van der Waals surface area contributed by atoms with Crippen molar-refractivity contribution in [3.63, 3.8) is 0 Å². The molecule has 1 aliphatic heterocycles. The van der Waals surface area contributed by atoms with Crippen LogP contribution in [0.1, 0.15) is 0 Å². The summed E-state index contributed by atoms with van der Waals surface area (Å²) in [5.74, 6) is 8.40. The van der Waals surface area contributed by atoms with Crippen molar-refractivity contribution in [3.8, 4) is 0 Å². The molecule has 0 spiro atoms. The summed E-state index contributed by atoms with van der Waals surface area (Å²) in [6.07, 6.45) is 0. The van der Waals surface area contributed by atoms with Crippen LogP contribution in [0.4, 0.5) is 0 Å². The summed E-state index contributed by atoms with van der Waals surface area (Å²) in [7, 11) is 0. The number of hydrazine groups is 2. The number of nitrogens with one attached hydrogen (secondary N) is 3. The Bertz CT molecular complexity index is 277. The molecule has 7 nitrogen and oxygen atoms in total. The lowest BCUT2D eigenvalue weighted by Gasteiger charge is -2.31. The zero-order valence-corrected chi connectivity index (χ0v) is 9.67. The van der Waals surface area contributed by atoms with E-state index in [1.54, 1.807) is 0 Å². The molecule has 1 saturated heterocycles. The van der Waals surface area contributed by atoms with E-state index in [9.17, 15) is 9.59 Å². The van der Waals surface area contributed by atoms with E-state index in [4.69, 9.17) is 34.9 Å². The van der Waals surface area contributed by atoms with E-state index >= 15 is 0 Å². The molecule has 1 aliphatic rings. The fourth-order valence-electron chi connectivity index (χ4n) is 1.08. The summed E-state index contributed by atoms with van der Waals surface area (Å²) in [4.78, 5) is 19.3. The number of carbonyl (C=O) groups is 2. The van der Waals surface area contributed by atoms with Crippen LogP contribution in [0, 0.1) is 0 Å². The molecule has 0 radical (unpaired) electrons. The normalized spacial score (nSPS) is 34.9. The molecule has 1 heterocycles. The van der Waals surface area contributed by atoms with Gasteiger partial charge < -0.3 is 0 Å². The van der Waals surface area contributed by atoms with Gasteiger partial charge in [-0.2, -0.15) is 0 Å². The number of hydrogen-bond donors (Lipinski definition) is 5. The SMILES string of the molecule is NNC(=O)C1(Cl)CSNC1(Cl)C(=O)NN. The molecule has 7 N–H and O–H groups in total. The van der Waals surface area contributed by atoms with Crippen LogP contribution in [0.25, 0.3) is 0 Å². The Balaban J connectivity index is 3.08. The Morgan fingerprint density at radius 3 is 2.27 bits per heavy atom. The molecule has 0 aromatic carbocycles. The molecular weight excluding hydrogens is 265 g/mol. The molecule has 15 heavy (non-hydrogen) atoms. The van der Waals surface area contributed by atoms with Crippen LogP contribution in [-0.4, -0.2) is 27.4 Å². The predicted molar refractivity (Wildman–Crippen MR) is 57.4 cm³/mol. The highest BCUT2D eigenvalue weighted by Crippen LogP contribution is 2.43. The zero-order valence-electron chi connectivity index (χ0n) is 7.34. The second kappa shape index (κ2) is 4.32. The van der Waals surface area contributed by atoms with Crippen LogP contribution in [0.3, 0.4) is 0 Å². The molecular formula is C5H9Cl2N5O2S. The first-order valence-corrected chi connectivity index (χ1v) is 5.45. The first-order valence-electron chi connectivity index (χ1n) is 3.71. The summed E-state index contributed by atoms with van der Waals surface area (Å²) in [6, 6.07) is 0. The molecule has 2 unspecified atom stereocenters. The van der Waals surface area contributed by atoms with Crippen LogP contribution in [-0.2, 0) is 9.59 Å². The third-order valence-corrected chi connectivity index (χ3v) is 4.54. The van der Waals surface area contributed by atoms with Gasteiger partial charge in [0.1, 0.15) is 0 Å². The lowest BCUT2D eigenvalue weighted by molar-refractivity contribution is -0.131. The predicted octanol–water partition coefficient (Wildman–Crippen LogP) is -1.87. The quantitative estimate of drug-likeness (QED) is 0.100. The van der Waals surface area contributed by atoms with E-state index in [0.29, 0.717) is 0 Å². The fourth-order valence-corrected chi connectivity index (χ4v) is 3.02. The molecule has 2 amide bonds. The molecule has 0 bridgehead atoms. The third-order valence-electron chi connectivity index (χ3n) is 1.96. The molecule has 0 saturated carbocycles. The Hall–Kier alpha value is -0.250. The number of amides is 2. The monoisotopic (exact) mass is 273 g/mol. The molecule has 0 aliphatic carbocycles. The number of carbonyl (C=O) groups excluding carboxylic acids is 2. The first kappa shape index (κ1) is 12.8. The Morgan fingerprint density at radius 1 is 1.27 bits per heavy atom. The number of halogens is 2. The summed E-state index contributed by atoms with van der Waals surface area (Å²) in [5, 5.41) is 0. The molecule has 86 valence electrons. The Kier molecular flexibility index (Phi) is 3.69. The van der Waals surface area contributed by atoms with E-state index in [2.05, 4.69) is 4.72 Å². The molecule has 0 aromatic rings. The topological polar surface area (TPSA) is 122 Å². The summed E-state index contributed by atoms with van der Waals surface area (Å²) < 4.78 is 2.53. The number of rotatable bonds is 2. The zero-order chi connectivity index (χ0) is 11.7. The van der Waals surface area contributed by atoms with E-state index in [-0.39, 0.29) is 5.75 Å². The van der Waals surface area contributed by atoms with Gasteiger partial charge in [0.15, 0.2) is 4.87 Å². The van der Waals surface area contributed by atoms with E-state index in [1.807, 2.05) is 10.9 Å². The van der Waals surface area contributed by atoms with Gasteiger partial charge in [-0.15, -0.1) is 11.6 Å². The summed E-state index contributed by atoms with van der Waals surface area (Å²) >= 11 is 12.9. The van der Waals surface area contributed by atoms with Gasteiger partial charge in [-0.05, 0) is 0 Å². The van der Waals surface area contributed by atoms with Crippen LogP contribution in [0.5, 0.6) is 0 Å². The van der Waals surface area contributed by atoms with Gasteiger partial charge in [0.25, 0.3) is 11.8 Å². The van der Waals surface area contributed by atoms with Crippen molar-refractivity contribution in [1.29, 1.82) is 0 Å². The average molecular weight is 274 g/mol. The van der Waals surface area contributed by atoms with E-state index in [1.165, 1.54) is 0 Å². The Labute approximate surface area is 99.7 Å². The standard InChI is InChI=1S/C5H9Cl2N5O2S/c6-4(2(13)10-8)1-15-12-5(4,7)3(14)11-9/h12H,1,8-9H2,(H,10,13)(H,11,14). The van der Waals surface area contributed by atoms with Crippen molar-refractivity contribution >= 4 is 47.0 Å². The average Bonchev–Trinajstić information content (AvgIpc) is 2.55. The van der Waals surface area contributed by atoms with Crippen LogP contribution in [0.15, 0.2) is 0 Å². The van der Waals surface area contributed by atoms with Gasteiger partial charge in [0.05, 0.1) is 0 Å². The van der Waals surface area contributed by atoms with Gasteiger partial charge in [-0.25, -0.2) is 16.4 Å². The number of hydrogen-bond acceptors (Lipinski definition) is 6. The van der Waals surface area contributed by atoms with Crippen molar-refractivity contribution in [1.82, 2.24) is 15.6 Å². The van der Waals surface area contributed by atoms with Gasteiger partial charge >= 0.3 is 0 Å². The van der Waals surface area contributed by atoms with Crippen LogP contribution >= 0.6 is 35.1 Å². The van der Waals surface area contributed by atoms with Crippen LogP contribution < -0.4 is 27.3 Å². The van der Waals surface area contributed by atoms with Crippen molar-refractivity contribution in [2.24, 2.45) is 11.7 Å². The lowest BCUT2D eigenvalue weighted by Crippen LogP contribution is -2.66. The lowest BCUT2D eigenvalue weighted by atomic mass is 9.99. The molecule has 1 rings (SSSR count). The first-order chi connectivity index (χ1) is 6.92. The van der Waals surface area contributed by atoms with Crippen molar-refractivity contribution in [3.05, 3.63) is 0 Å². The van der Waals surface area contributed by atoms with Gasteiger partial charge in [-0.3, -0.25) is 20.4 Å². The number of alkyl halides is 2. The van der Waals surface area contributed by atoms with Gasteiger partial charge in [-0.1, -0.05) is 23.5 Å². The second-order valence-corrected chi connectivity index (χ2v) is 4.79. The minimum absolute atomic E-state index is 0.0779. The maximum atomic E-state index is 11.4. The summed E-state index contributed by atoms with van der Waals surface area (Å²) in [6.45, 7) is 0. The highest BCUT2D eigenvalue weighted by Gasteiger charge is 2.63. The second-order valence-electron chi connectivity index (χ2n) is 2.80. The fraction of sp³-hybridized carbons (Fsp3) is 0.600. The minimum atomic E-state index is -1.84. The van der Waals surface area contributed by atoms with Gasteiger partial charge in [0.2, 0.25) is 5.00 Å². The highest BCUT2D eigenvalue weighted by atomic mass is 35.5. The third kappa shape index (κ3) is 1.77. The number of nitrogens with two attached hydrogens (primary N) is 2. The van der Waals surface area contributed by atoms with E-state index in [0.717, 1.165) is 11.9 Å².